The SMILES string of the molecule is C1=CSC(=C2SC=CS2)S1.[Cr+2]. The Hall–Kier alpha value is 1.15. The van der Waals surface area contributed by atoms with Crippen LogP contribution in [0.3, 0.4) is 0 Å². The minimum atomic E-state index is 0. The number of hydrogen-bond acceptors (Lipinski definition) is 4. The van der Waals surface area contributed by atoms with Crippen LogP contribution in [0.15, 0.2) is 30.1 Å². The van der Waals surface area contributed by atoms with E-state index in [4.69, 9.17) is 0 Å². The molecule has 0 fully saturated rings. The Kier molecular flexibility index (Phi) is 4.66. The van der Waals surface area contributed by atoms with Gasteiger partial charge in [-0.2, -0.15) is 0 Å². The zero-order chi connectivity index (χ0) is 6.81. The summed E-state index contributed by atoms with van der Waals surface area (Å²) in [7, 11) is 0. The van der Waals surface area contributed by atoms with Crippen molar-refractivity contribution in [3.8, 4) is 0 Å². The van der Waals surface area contributed by atoms with Crippen LogP contribution in [0.2, 0.25) is 0 Å². The molecule has 2 aliphatic heterocycles. The summed E-state index contributed by atoms with van der Waals surface area (Å²) in [5.74, 6) is 0. The van der Waals surface area contributed by atoms with Crippen molar-refractivity contribution in [3.63, 3.8) is 0 Å². The van der Waals surface area contributed by atoms with Gasteiger partial charge in [-0.1, -0.05) is 47.0 Å². The standard InChI is InChI=1S/C6H4S4.Cr/c1-2-8-5(7-1)6-9-3-4-10-6;/h1-4H;/q;+2. The maximum atomic E-state index is 2.13. The van der Waals surface area contributed by atoms with Crippen LogP contribution in [0.1, 0.15) is 0 Å². The fourth-order valence-electron chi connectivity index (χ4n) is 0.606. The monoisotopic (exact) mass is 256 g/mol. The summed E-state index contributed by atoms with van der Waals surface area (Å²) in [5, 5.41) is 8.53. The van der Waals surface area contributed by atoms with Gasteiger partial charge in [0.1, 0.15) is 0 Å². The van der Waals surface area contributed by atoms with E-state index in [0.29, 0.717) is 0 Å². The molecule has 0 aromatic rings. The summed E-state index contributed by atoms with van der Waals surface area (Å²) in [4.78, 5) is 0. The molecule has 5 heteroatoms. The third-order valence-electron chi connectivity index (χ3n) is 0.978. The first-order valence-corrected chi connectivity index (χ1v) is 6.19. The molecule has 0 bridgehead atoms. The first-order valence-electron chi connectivity index (χ1n) is 2.68. The van der Waals surface area contributed by atoms with Gasteiger partial charge in [-0.3, -0.25) is 0 Å². The molecule has 0 aromatic heterocycles. The first-order chi connectivity index (χ1) is 4.97. The van der Waals surface area contributed by atoms with E-state index in [-0.39, 0.29) is 17.4 Å². The second kappa shape index (κ2) is 5.01. The number of thioether (sulfide) groups is 4. The maximum absolute atomic E-state index is 2.13. The summed E-state index contributed by atoms with van der Waals surface area (Å²) < 4.78 is 2.86. The quantitative estimate of drug-likeness (QED) is 0.642. The summed E-state index contributed by atoms with van der Waals surface area (Å²) in [6.07, 6.45) is 0. The second-order valence-corrected chi connectivity index (χ2v) is 5.77. The minimum absolute atomic E-state index is 0. The van der Waals surface area contributed by atoms with Gasteiger partial charge in [-0.25, -0.2) is 0 Å². The Morgan fingerprint density at radius 3 is 1.18 bits per heavy atom. The zero-order valence-electron chi connectivity index (χ0n) is 5.35. The summed E-state index contributed by atoms with van der Waals surface area (Å²) >= 11 is 7.28. The Morgan fingerprint density at radius 1 is 0.636 bits per heavy atom. The molecule has 0 atom stereocenters. The van der Waals surface area contributed by atoms with Crippen LogP contribution in [0, 0.1) is 0 Å². The normalized spacial score (nSPS) is 21.1. The van der Waals surface area contributed by atoms with Crippen molar-refractivity contribution in [2.75, 3.05) is 0 Å². The maximum Gasteiger partial charge on any atom is 2.00 e. The fraction of sp³-hybridized carbons (Fsp3) is 0. The molecule has 0 amide bonds. The van der Waals surface area contributed by atoms with Crippen molar-refractivity contribution in [1.29, 1.82) is 0 Å². The van der Waals surface area contributed by atoms with Gasteiger partial charge in [-0.05, 0) is 21.6 Å². The molecular formula is C6H4CrS4+2. The van der Waals surface area contributed by atoms with Gasteiger partial charge in [0, 0.05) is 0 Å². The van der Waals surface area contributed by atoms with Gasteiger partial charge in [-0.15, -0.1) is 0 Å². The van der Waals surface area contributed by atoms with Crippen molar-refractivity contribution in [1.82, 2.24) is 0 Å². The van der Waals surface area contributed by atoms with Gasteiger partial charge in [0.15, 0.2) is 0 Å². The molecule has 0 saturated heterocycles. The van der Waals surface area contributed by atoms with Gasteiger partial charge >= 0.3 is 17.4 Å². The smallest absolute Gasteiger partial charge is 0.0884 e. The predicted molar refractivity (Wildman–Crippen MR) is 55.7 cm³/mol. The molecular weight excluding hydrogens is 252 g/mol. The van der Waals surface area contributed by atoms with E-state index in [9.17, 15) is 0 Å². The average Bonchev–Trinajstić information content (AvgIpc) is 2.59. The Labute approximate surface area is 93.8 Å². The summed E-state index contributed by atoms with van der Waals surface area (Å²) in [5.41, 5.74) is 0. The minimum Gasteiger partial charge on any atom is -0.0884 e. The zero-order valence-corrected chi connectivity index (χ0v) is 9.89. The van der Waals surface area contributed by atoms with Crippen molar-refractivity contribution < 1.29 is 17.4 Å². The number of rotatable bonds is 0. The van der Waals surface area contributed by atoms with Crippen molar-refractivity contribution in [2.45, 2.75) is 0 Å². The van der Waals surface area contributed by atoms with E-state index in [1.165, 1.54) is 8.47 Å². The first kappa shape index (κ1) is 10.2. The average molecular weight is 256 g/mol. The summed E-state index contributed by atoms with van der Waals surface area (Å²) in [6.45, 7) is 0. The van der Waals surface area contributed by atoms with Crippen LogP contribution in [0.25, 0.3) is 0 Å². The molecule has 0 N–H and O–H groups in total. The van der Waals surface area contributed by atoms with Crippen molar-refractivity contribution in [3.05, 3.63) is 30.1 Å². The molecule has 11 heavy (non-hydrogen) atoms. The van der Waals surface area contributed by atoms with Crippen LogP contribution in [-0.4, -0.2) is 0 Å². The third-order valence-corrected chi connectivity index (χ3v) is 5.76. The molecule has 0 aliphatic carbocycles. The van der Waals surface area contributed by atoms with Crippen molar-refractivity contribution in [2.24, 2.45) is 0 Å². The Morgan fingerprint density at radius 2 is 0.909 bits per heavy atom. The van der Waals surface area contributed by atoms with Crippen LogP contribution in [-0.2, 0) is 17.4 Å². The van der Waals surface area contributed by atoms with E-state index in [0.717, 1.165) is 0 Å². The van der Waals surface area contributed by atoms with Crippen LogP contribution in [0.5, 0.6) is 0 Å². The topological polar surface area (TPSA) is 0 Å². The van der Waals surface area contributed by atoms with Gasteiger partial charge < -0.3 is 0 Å². The van der Waals surface area contributed by atoms with E-state index >= 15 is 0 Å². The van der Waals surface area contributed by atoms with Crippen LogP contribution >= 0.6 is 47.0 Å². The van der Waals surface area contributed by atoms with E-state index in [2.05, 4.69) is 21.6 Å². The van der Waals surface area contributed by atoms with E-state index in [1.54, 1.807) is 0 Å². The molecule has 2 rings (SSSR count). The molecule has 0 radical (unpaired) electrons. The molecule has 2 aliphatic rings. The Bertz CT molecular complexity index is 187. The largest absolute Gasteiger partial charge is 2.00 e. The van der Waals surface area contributed by atoms with Gasteiger partial charge in [0.05, 0.1) is 8.47 Å². The van der Waals surface area contributed by atoms with Gasteiger partial charge in [0.2, 0.25) is 0 Å². The second-order valence-electron chi connectivity index (χ2n) is 1.59. The fourth-order valence-corrected chi connectivity index (χ4v) is 4.64. The molecule has 0 aromatic carbocycles. The van der Waals surface area contributed by atoms with Gasteiger partial charge in [0.25, 0.3) is 0 Å². The molecule has 2 heterocycles. The Balaban J connectivity index is 0.000000605. The van der Waals surface area contributed by atoms with Crippen LogP contribution < -0.4 is 0 Å². The third kappa shape index (κ3) is 2.55. The molecule has 56 valence electrons. The number of hydrogen-bond donors (Lipinski definition) is 0. The molecule has 0 unspecified atom stereocenters. The van der Waals surface area contributed by atoms with E-state index < -0.39 is 0 Å². The molecule has 0 spiro atoms. The van der Waals surface area contributed by atoms with Crippen molar-refractivity contribution >= 4 is 47.0 Å². The predicted octanol–water partition coefficient (Wildman–Crippen LogP) is 4.01. The molecule has 0 nitrogen and oxygen atoms in total. The summed E-state index contributed by atoms with van der Waals surface area (Å²) in [6, 6.07) is 0. The van der Waals surface area contributed by atoms with Crippen LogP contribution in [0.4, 0.5) is 0 Å². The van der Waals surface area contributed by atoms with E-state index in [1.807, 2.05) is 47.0 Å². The molecule has 0 saturated carbocycles.